The van der Waals surface area contributed by atoms with E-state index in [0.29, 0.717) is 11.6 Å². The van der Waals surface area contributed by atoms with Gasteiger partial charge in [-0.15, -0.1) is 0 Å². The predicted octanol–water partition coefficient (Wildman–Crippen LogP) is 1.35. The summed E-state index contributed by atoms with van der Waals surface area (Å²) in [5.74, 6) is 0. The van der Waals surface area contributed by atoms with Crippen molar-refractivity contribution in [3.63, 3.8) is 0 Å². The van der Waals surface area contributed by atoms with Gasteiger partial charge in [0.1, 0.15) is 0 Å². The Morgan fingerprint density at radius 1 is 1.25 bits per heavy atom. The first kappa shape index (κ1) is 8.52. The van der Waals surface area contributed by atoms with Gasteiger partial charge in [-0.2, -0.15) is 0 Å². The molecule has 0 aromatic heterocycles. The van der Waals surface area contributed by atoms with Crippen molar-refractivity contribution in [3.05, 3.63) is 0 Å². The minimum absolute atomic E-state index is 0.414. The third kappa shape index (κ3) is 1.50. The lowest BCUT2D eigenvalue weighted by molar-refractivity contribution is 0.0581. The summed E-state index contributed by atoms with van der Waals surface area (Å²) < 4.78 is 0. The van der Waals surface area contributed by atoms with Crippen molar-refractivity contribution in [1.82, 2.24) is 4.90 Å². The Morgan fingerprint density at radius 3 is 2.50 bits per heavy atom. The van der Waals surface area contributed by atoms with E-state index in [1.807, 2.05) is 0 Å². The van der Waals surface area contributed by atoms with Crippen LogP contribution in [0.3, 0.4) is 0 Å². The normalized spacial score (nSPS) is 36.8. The molecule has 1 atom stereocenters. The molecule has 1 saturated heterocycles. The number of likely N-dealkylation sites (tertiary alicyclic amines) is 1. The van der Waals surface area contributed by atoms with Gasteiger partial charge in [-0.1, -0.05) is 0 Å². The second-order valence-corrected chi connectivity index (χ2v) is 4.99. The van der Waals surface area contributed by atoms with E-state index >= 15 is 0 Å². The van der Waals surface area contributed by atoms with E-state index in [1.54, 1.807) is 0 Å². The fourth-order valence-corrected chi connectivity index (χ4v) is 2.30. The highest BCUT2D eigenvalue weighted by molar-refractivity contribution is 4.98. The first-order chi connectivity index (χ1) is 5.59. The van der Waals surface area contributed by atoms with Crippen molar-refractivity contribution in [3.8, 4) is 0 Å². The van der Waals surface area contributed by atoms with E-state index in [9.17, 15) is 0 Å². The summed E-state index contributed by atoms with van der Waals surface area (Å²) in [7, 11) is 0. The SMILES string of the molecule is CC1(C)CCC(N)CN1C1CC1. The van der Waals surface area contributed by atoms with Crippen molar-refractivity contribution in [2.24, 2.45) is 5.73 Å². The molecule has 2 N–H and O–H groups in total. The third-order valence-corrected chi connectivity index (χ3v) is 3.32. The van der Waals surface area contributed by atoms with Gasteiger partial charge in [0.05, 0.1) is 0 Å². The van der Waals surface area contributed by atoms with Gasteiger partial charge in [-0.05, 0) is 39.5 Å². The van der Waals surface area contributed by atoms with Crippen molar-refractivity contribution in [1.29, 1.82) is 0 Å². The van der Waals surface area contributed by atoms with Gasteiger partial charge in [-0.3, -0.25) is 4.90 Å². The molecular weight excluding hydrogens is 148 g/mol. The number of nitrogens with two attached hydrogens (primary N) is 1. The average molecular weight is 168 g/mol. The third-order valence-electron chi connectivity index (χ3n) is 3.32. The maximum atomic E-state index is 5.97. The monoisotopic (exact) mass is 168 g/mol. The minimum atomic E-state index is 0.414. The van der Waals surface area contributed by atoms with Gasteiger partial charge in [0.2, 0.25) is 0 Å². The Kier molecular flexibility index (Phi) is 1.92. The second-order valence-electron chi connectivity index (χ2n) is 4.99. The maximum Gasteiger partial charge on any atom is 0.0168 e. The molecular formula is C10H20N2. The predicted molar refractivity (Wildman–Crippen MR) is 51.0 cm³/mol. The molecule has 1 saturated carbocycles. The van der Waals surface area contributed by atoms with E-state index in [1.165, 1.54) is 25.7 Å². The maximum absolute atomic E-state index is 5.97. The molecule has 1 aliphatic carbocycles. The molecule has 2 aliphatic rings. The zero-order chi connectivity index (χ0) is 8.77. The Morgan fingerprint density at radius 2 is 1.92 bits per heavy atom. The molecule has 2 heteroatoms. The van der Waals surface area contributed by atoms with E-state index < -0.39 is 0 Å². The Labute approximate surface area is 75.1 Å². The van der Waals surface area contributed by atoms with Crippen LogP contribution in [0, 0.1) is 0 Å². The summed E-state index contributed by atoms with van der Waals surface area (Å²) in [6.07, 6.45) is 5.27. The Bertz CT molecular complexity index is 173. The molecule has 2 nitrogen and oxygen atoms in total. The van der Waals surface area contributed by atoms with Crippen molar-refractivity contribution in [2.75, 3.05) is 6.54 Å². The van der Waals surface area contributed by atoms with Gasteiger partial charge < -0.3 is 5.73 Å². The van der Waals surface area contributed by atoms with Crippen LogP contribution in [0.2, 0.25) is 0 Å². The molecule has 70 valence electrons. The van der Waals surface area contributed by atoms with Crippen LogP contribution in [0.5, 0.6) is 0 Å². The molecule has 1 heterocycles. The second kappa shape index (κ2) is 2.71. The summed E-state index contributed by atoms with van der Waals surface area (Å²) in [6, 6.07) is 1.30. The van der Waals surface area contributed by atoms with Gasteiger partial charge in [-0.25, -0.2) is 0 Å². The average Bonchev–Trinajstić information content (AvgIpc) is 2.77. The largest absolute Gasteiger partial charge is 0.327 e. The molecule has 0 spiro atoms. The smallest absolute Gasteiger partial charge is 0.0168 e. The van der Waals surface area contributed by atoms with Crippen LogP contribution >= 0.6 is 0 Å². The Balaban J connectivity index is 2.04. The zero-order valence-electron chi connectivity index (χ0n) is 8.21. The molecule has 0 aromatic carbocycles. The van der Waals surface area contributed by atoms with Crippen molar-refractivity contribution >= 4 is 0 Å². The minimum Gasteiger partial charge on any atom is -0.327 e. The summed E-state index contributed by atoms with van der Waals surface area (Å²) in [4.78, 5) is 2.63. The lowest BCUT2D eigenvalue weighted by Crippen LogP contribution is -2.55. The van der Waals surface area contributed by atoms with Crippen LogP contribution in [-0.2, 0) is 0 Å². The summed E-state index contributed by atoms with van der Waals surface area (Å²) in [5.41, 5.74) is 6.38. The van der Waals surface area contributed by atoms with Crippen molar-refractivity contribution in [2.45, 2.75) is 57.2 Å². The molecule has 0 radical (unpaired) electrons. The van der Waals surface area contributed by atoms with Crippen molar-refractivity contribution < 1.29 is 0 Å². The van der Waals surface area contributed by atoms with Gasteiger partial charge in [0, 0.05) is 24.2 Å². The van der Waals surface area contributed by atoms with Crippen LogP contribution in [-0.4, -0.2) is 29.1 Å². The molecule has 1 aliphatic heterocycles. The highest BCUT2D eigenvalue weighted by atomic mass is 15.3. The lowest BCUT2D eigenvalue weighted by atomic mass is 9.88. The molecule has 0 aromatic rings. The van der Waals surface area contributed by atoms with Crippen LogP contribution in [0.25, 0.3) is 0 Å². The highest BCUT2D eigenvalue weighted by Crippen LogP contribution is 2.37. The topological polar surface area (TPSA) is 29.3 Å². The molecule has 2 rings (SSSR count). The molecule has 0 amide bonds. The van der Waals surface area contributed by atoms with Crippen LogP contribution in [0.4, 0.5) is 0 Å². The van der Waals surface area contributed by atoms with E-state index in [4.69, 9.17) is 5.73 Å². The number of nitrogens with zero attached hydrogens (tertiary/aromatic N) is 1. The summed E-state index contributed by atoms with van der Waals surface area (Å²) in [5, 5.41) is 0. The molecule has 12 heavy (non-hydrogen) atoms. The highest BCUT2D eigenvalue weighted by Gasteiger charge is 2.41. The number of piperidine rings is 1. The fraction of sp³-hybridized carbons (Fsp3) is 1.00. The van der Waals surface area contributed by atoms with Crippen LogP contribution in [0.15, 0.2) is 0 Å². The lowest BCUT2D eigenvalue weighted by Gasteiger charge is -2.45. The fourth-order valence-electron chi connectivity index (χ4n) is 2.30. The standard InChI is InChI=1S/C10H20N2/c1-10(2)6-5-8(11)7-12(10)9-3-4-9/h8-9H,3-7,11H2,1-2H3. The van der Waals surface area contributed by atoms with E-state index in [-0.39, 0.29) is 0 Å². The first-order valence-electron chi connectivity index (χ1n) is 5.12. The van der Waals surface area contributed by atoms with Gasteiger partial charge >= 0.3 is 0 Å². The Hall–Kier alpha value is -0.0800. The summed E-state index contributed by atoms with van der Waals surface area (Å²) in [6.45, 7) is 5.84. The van der Waals surface area contributed by atoms with Gasteiger partial charge in [0.25, 0.3) is 0 Å². The molecule has 1 unspecified atom stereocenters. The van der Waals surface area contributed by atoms with E-state index in [2.05, 4.69) is 18.7 Å². The number of hydrogen-bond acceptors (Lipinski definition) is 2. The van der Waals surface area contributed by atoms with Crippen LogP contribution in [0.1, 0.15) is 39.5 Å². The summed E-state index contributed by atoms with van der Waals surface area (Å²) >= 11 is 0. The quantitative estimate of drug-likeness (QED) is 0.640. The number of hydrogen-bond donors (Lipinski definition) is 1. The first-order valence-corrected chi connectivity index (χ1v) is 5.12. The van der Waals surface area contributed by atoms with Crippen LogP contribution < -0.4 is 5.73 Å². The zero-order valence-corrected chi connectivity index (χ0v) is 8.21. The van der Waals surface area contributed by atoms with Gasteiger partial charge in [0.15, 0.2) is 0 Å². The number of rotatable bonds is 1. The van der Waals surface area contributed by atoms with E-state index in [0.717, 1.165) is 12.6 Å². The molecule has 2 fully saturated rings. The molecule has 0 bridgehead atoms.